The molecule has 0 fully saturated rings. The highest BCUT2D eigenvalue weighted by Crippen LogP contribution is 2.31. The second-order valence-electron chi connectivity index (χ2n) is 4.55. The normalized spacial score (nSPS) is 11.9. The van der Waals surface area contributed by atoms with E-state index >= 15 is 0 Å². The van der Waals surface area contributed by atoms with E-state index in [4.69, 9.17) is 5.73 Å². The number of nitrogens with one attached hydrogen (secondary N) is 1. The van der Waals surface area contributed by atoms with Crippen LogP contribution in [0.3, 0.4) is 0 Å². The number of hydrogen-bond donors (Lipinski definition) is 2. The Balaban J connectivity index is 1.80. The molecule has 1 heterocycles. The number of thioether (sulfide) groups is 2. The van der Waals surface area contributed by atoms with Gasteiger partial charge in [0.05, 0.1) is 11.0 Å². The summed E-state index contributed by atoms with van der Waals surface area (Å²) >= 11 is 3.95. The predicted molar refractivity (Wildman–Crippen MR) is 93.4 cm³/mol. The van der Waals surface area contributed by atoms with Crippen LogP contribution in [0.25, 0.3) is 0 Å². The summed E-state index contributed by atoms with van der Waals surface area (Å²) in [6.07, 6.45) is 0. The van der Waals surface area contributed by atoms with Crippen LogP contribution in [0.5, 0.6) is 0 Å². The number of amides is 2. The van der Waals surface area contributed by atoms with Crippen LogP contribution in [0.4, 0.5) is 0 Å². The molecule has 0 saturated carbocycles. The van der Waals surface area contributed by atoms with Gasteiger partial charge in [0.15, 0.2) is 8.68 Å². The molecular weight excluding hydrogens is 352 g/mol. The summed E-state index contributed by atoms with van der Waals surface area (Å²) in [6.45, 7) is 2.32. The van der Waals surface area contributed by atoms with Crippen molar-refractivity contribution in [3.63, 3.8) is 0 Å². The quantitative estimate of drug-likeness (QED) is 0.691. The first kappa shape index (κ1) is 17.8. The zero-order valence-electron chi connectivity index (χ0n) is 12.4. The van der Waals surface area contributed by atoms with Gasteiger partial charge in [-0.05, 0) is 12.5 Å². The van der Waals surface area contributed by atoms with Gasteiger partial charge in [-0.25, -0.2) is 0 Å². The van der Waals surface area contributed by atoms with E-state index in [0.717, 1.165) is 5.56 Å². The number of nitrogens with two attached hydrogens (primary N) is 1. The Morgan fingerprint density at radius 3 is 2.65 bits per heavy atom. The van der Waals surface area contributed by atoms with Gasteiger partial charge in [0.1, 0.15) is 0 Å². The maximum absolute atomic E-state index is 12.1. The third kappa shape index (κ3) is 6.20. The lowest BCUT2D eigenvalue weighted by Gasteiger charge is -2.10. The second-order valence-corrected chi connectivity index (χ2v) is 8.34. The fourth-order valence-electron chi connectivity index (χ4n) is 1.57. The zero-order valence-corrected chi connectivity index (χ0v) is 14.8. The van der Waals surface area contributed by atoms with Crippen LogP contribution >= 0.6 is 34.9 Å². The highest BCUT2D eigenvalue weighted by atomic mass is 32.2. The van der Waals surface area contributed by atoms with Crippen molar-refractivity contribution in [2.24, 2.45) is 5.73 Å². The Morgan fingerprint density at radius 2 is 1.96 bits per heavy atom. The minimum Gasteiger partial charge on any atom is -0.369 e. The average Bonchev–Trinajstić information content (AvgIpc) is 2.99. The summed E-state index contributed by atoms with van der Waals surface area (Å²) in [4.78, 5) is 22.8. The standard InChI is InChI=1S/C14H16N4O2S3/c1-9(12(20)16-7-10-5-3-2-4-6-10)22-14-18-17-13(23-14)21-8-11(15)19/h2-6,9H,7-8H2,1H3,(H2,15,19)(H,16,20)/t9-/m1/s1. The van der Waals surface area contributed by atoms with Crippen LogP contribution in [0, 0.1) is 0 Å². The molecule has 0 aliphatic heterocycles. The van der Waals surface area contributed by atoms with E-state index < -0.39 is 5.91 Å². The topological polar surface area (TPSA) is 98.0 Å². The molecule has 3 N–H and O–H groups in total. The number of benzene rings is 1. The first-order valence-corrected chi connectivity index (χ1v) is 9.45. The summed E-state index contributed by atoms with van der Waals surface area (Å²) in [6, 6.07) is 9.74. The number of hydrogen-bond acceptors (Lipinski definition) is 7. The van der Waals surface area contributed by atoms with Gasteiger partial charge in [-0.3, -0.25) is 9.59 Å². The van der Waals surface area contributed by atoms with Gasteiger partial charge < -0.3 is 11.1 Å². The van der Waals surface area contributed by atoms with Crippen molar-refractivity contribution in [3.05, 3.63) is 35.9 Å². The van der Waals surface area contributed by atoms with Gasteiger partial charge in [0, 0.05) is 6.54 Å². The lowest BCUT2D eigenvalue weighted by atomic mass is 10.2. The van der Waals surface area contributed by atoms with Crippen molar-refractivity contribution in [2.75, 3.05) is 5.75 Å². The highest BCUT2D eigenvalue weighted by Gasteiger charge is 2.17. The molecule has 0 bridgehead atoms. The van der Waals surface area contributed by atoms with Gasteiger partial charge >= 0.3 is 0 Å². The Hall–Kier alpha value is -1.58. The van der Waals surface area contributed by atoms with E-state index in [-0.39, 0.29) is 16.9 Å². The third-order valence-electron chi connectivity index (χ3n) is 2.68. The molecule has 0 aliphatic rings. The second kappa shape index (κ2) is 8.90. The Kier molecular flexibility index (Phi) is 6.87. The molecule has 0 aliphatic carbocycles. The summed E-state index contributed by atoms with van der Waals surface area (Å²) in [5.74, 6) is -0.277. The molecule has 6 nitrogen and oxygen atoms in total. The molecule has 0 saturated heterocycles. The molecule has 0 radical (unpaired) electrons. The maximum Gasteiger partial charge on any atom is 0.233 e. The highest BCUT2D eigenvalue weighted by molar-refractivity contribution is 8.04. The molecule has 1 aromatic heterocycles. The van der Waals surface area contributed by atoms with E-state index in [9.17, 15) is 9.59 Å². The first-order chi connectivity index (χ1) is 11.0. The average molecular weight is 369 g/mol. The molecule has 0 spiro atoms. The van der Waals surface area contributed by atoms with Crippen LogP contribution in [-0.4, -0.2) is 33.0 Å². The fraction of sp³-hybridized carbons (Fsp3) is 0.286. The molecule has 2 amide bonds. The van der Waals surface area contributed by atoms with Gasteiger partial charge in [-0.1, -0.05) is 65.2 Å². The van der Waals surface area contributed by atoms with E-state index in [1.165, 1.54) is 34.9 Å². The van der Waals surface area contributed by atoms with Crippen LogP contribution in [0.1, 0.15) is 12.5 Å². The predicted octanol–water partition coefficient (Wildman–Crippen LogP) is 1.91. The van der Waals surface area contributed by atoms with Gasteiger partial charge in [-0.15, -0.1) is 10.2 Å². The number of rotatable bonds is 8. The number of carbonyl (C=O) groups is 2. The summed E-state index contributed by atoms with van der Waals surface area (Å²) in [5, 5.41) is 10.6. The number of aromatic nitrogens is 2. The molecule has 2 rings (SSSR count). The monoisotopic (exact) mass is 368 g/mol. The molecule has 1 aromatic carbocycles. The minimum atomic E-state index is -0.395. The third-order valence-corrected chi connectivity index (χ3v) is 5.95. The van der Waals surface area contributed by atoms with Crippen LogP contribution in [-0.2, 0) is 16.1 Å². The molecule has 0 unspecified atom stereocenters. The van der Waals surface area contributed by atoms with E-state index in [1.54, 1.807) is 0 Å². The molecule has 1 atom stereocenters. The minimum absolute atomic E-state index is 0.0552. The van der Waals surface area contributed by atoms with Crippen molar-refractivity contribution in [1.82, 2.24) is 15.5 Å². The van der Waals surface area contributed by atoms with E-state index in [1.807, 2.05) is 37.3 Å². The molecule has 2 aromatic rings. The van der Waals surface area contributed by atoms with Gasteiger partial charge in [0.25, 0.3) is 0 Å². The molecular formula is C14H16N4O2S3. The lowest BCUT2D eigenvalue weighted by Crippen LogP contribution is -2.30. The lowest BCUT2D eigenvalue weighted by molar-refractivity contribution is -0.120. The Bertz CT molecular complexity index is 663. The Labute approximate surface area is 146 Å². The van der Waals surface area contributed by atoms with Crippen LogP contribution < -0.4 is 11.1 Å². The van der Waals surface area contributed by atoms with E-state index in [2.05, 4.69) is 15.5 Å². The zero-order chi connectivity index (χ0) is 16.7. The number of nitrogens with zero attached hydrogens (tertiary/aromatic N) is 2. The smallest absolute Gasteiger partial charge is 0.233 e. The Morgan fingerprint density at radius 1 is 1.26 bits per heavy atom. The maximum atomic E-state index is 12.1. The van der Waals surface area contributed by atoms with Crippen molar-refractivity contribution in [3.8, 4) is 0 Å². The molecule has 9 heteroatoms. The largest absolute Gasteiger partial charge is 0.369 e. The number of primary amides is 1. The van der Waals surface area contributed by atoms with Crippen molar-refractivity contribution >= 4 is 46.7 Å². The number of carbonyl (C=O) groups excluding carboxylic acids is 2. The van der Waals surface area contributed by atoms with Crippen molar-refractivity contribution in [2.45, 2.75) is 27.4 Å². The van der Waals surface area contributed by atoms with Crippen molar-refractivity contribution < 1.29 is 9.59 Å². The molecule has 23 heavy (non-hydrogen) atoms. The SMILES string of the molecule is C[C@@H](Sc1nnc(SCC(N)=O)s1)C(=O)NCc1ccccc1. The summed E-state index contributed by atoms with van der Waals surface area (Å²) < 4.78 is 1.36. The van der Waals surface area contributed by atoms with Crippen LogP contribution in [0.15, 0.2) is 39.0 Å². The van der Waals surface area contributed by atoms with Crippen molar-refractivity contribution in [1.29, 1.82) is 0 Å². The fourth-order valence-corrected chi connectivity index (χ4v) is 4.50. The summed E-state index contributed by atoms with van der Waals surface area (Å²) in [7, 11) is 0. The van der Waals surface area contributed by atoms with Crippen LogP contribution in [0.2, 0.25) is 0 Å². The van der Waals surface area contributed by atoms with Gasteiger partial charge in [0.2, 0.25) is 11.8 Å². The first-order valence-electron chi connectivity index (χ1n) is 6.77. The van der Waals surface area contributed by atoms with Gasteiger partial charge in [-0.2, -0.15) is 0 Å². The molecule has 122 valence electrons. The summed E-state index contributed by atoms with van der Waals surface area (Å²) in [5.41, 5.74) is 6.14. The van der Waals surface area contributed by atoms with E-state index in [0.29, 0.717) is 15.2 Å².